The SMILES string of the molecule is O=C(O)c1ccc(NC(=O)C2c3cccc(N4CCC(N5CCCC5=O)CC4)c3CCN2C(=O)c2cnn(-c3cccc(Cl)c3F)c2)cc1. The molecule has 0 bridgehead atoms. The van der Waals surface area contributed by atoms with Gasteiger partial charge in [-0.25, -0.2) is 13.9 Å². The Balaban J connectivity index is 1.19. The number of anilines is 2. The second kappa shape index (κ2) is 13.3. The number of rotatable bonds is 7. The Kier molecular flexibility index (Phi) is 8.81. The molecule has 2 saturated heterocycles. The molecule has 3 aromatic carbocycles. The molecule has 1 unspecified atom stereocenters. The molecule has 11 nitrogen and oxygen atoms in total. The van der Waals surface area contributed by atoms with Crippen LogP contribution in [0.25, 0.3) is 5.69 Å². The van der Waals surface area contributed by atoms with Gasteiger partial charge < -0.3 is 25.1 Å². The van der Waals surface area contributed by atoms with E-state index in [2.05, 4.69) is 15.3 Å². The monoisotopic (exact) mass is 684 g/mol. The molecule has 3 aliphatic rings. The minimum Gasteiger partial charge on any atom is -0.478 e. The predicted molar refractivity (Wildman–Crippen MR) is 181 cm³/mol. The van der Waals surface area contributed by atoms with E-state index in [1.54, 1.807) is 6.07 Å². The first kappa shape index (κ1) is 32.3. The molecule has 3 amide bonds. The van der Waals surface area contributed by atoms with Crippen LogP contribution < -0.4 is 10.2 Å². The number of halogens is 2. The molecule has 0 spiro atoms. The fraction of sp³-hybridized carbons (Fsp3) is 0.306. The number of piperidine rings is 1. The van der Waals surface area contributed by atoms with Crippen molar-refractivity contribution in [1.29, 1.82) is 0 Å². The number of hydrogen-bond donors (Lipinski definition) is 2. The summed E-state index contributed by atoms with van der Waals surface area (Å²) in [6, 6.07) is 15.3. The fourth-order valence-electron chi connectivity index (χ4n) is 7.23. The summed E-state index contributed by atoms with van der Waals surface area (Å²) in [5.74, 6) is -2.45. The molecule has 2 fully saturated rings. The summed E-state index contributed by atoms with van der Waals surface area (Å²) in [6.07, 6.45) is 6.48. The molecular formula is C36H34ClFN6O5. The molecule has 1 aromatic heterocycles. The van der Waals surface area contributed by atoms with Gasteiger partial charge in [-0.2, -0.15) is 5.10 Å². The van der Waals surface area contributed by atoms with Gasteiger partial charge in [0.2, 0.25) is 5.91 Å². The summed E-state index contributed by atoms with van der Waals surface area (Å²) in [4.78, 5) is 57.9. The summed E-state index contributed by atoms with van der Waals surface area (Å²) in [7, 11) is 0. The lowest BCUT2D eigenvalue weighted by Crippen LogP contribution is -2.47. The topological polar surface area (TPSA) is 128 Å². The van der Waals surface area contributed by atoms with E-state index < -0.39 is 29.6 Å². The first-order valence-corrected chi connectivity index (χ1v) is 16.7. The Morgan fingerprint density at radius 2 is 1.63 bits per heavy atom. The van der Waals surface area contributed by atoms with E-state index in [4.69, 9.17) is 11.6 Å². The number of carbonyl (C=O) groups is 4. The Morgan fingerprint density at radius 3 is 2.35 bits per heavy atom. The number of carbonyl (C=O) groups excluding carboxylic acids is 3. The highest BCUT2D eigenvalue weighted by molar-refractivity contribution is 6.30. The van der Waals surface area contributed by atoms with Gasteiger partial charge in [0.25, 0.3) is 11.8 Å². The van der Waals surface area contributed by atoms with Gasteiger partial charge in [-0.05, 0) is 79.3 Å². The van der Waals surface area contributed by atoms with Gasteiger partial charge in [0, 0.05) is 56.2 Å². The number of aromatic carboxylic acids is 1. The van der Waals surface area contributed by atoms with Crippen molar-refractivity contribution in [3.05, 3.63) is 106 Å². The average molecular weight is 685 g/mol. The lowest BCUT2D eigenvalue weighted by molar-refractivity contribution is -0.130. The molecule has 2 N–H and O–H groups in total. The lowest BCUT2D eigenvalue weighted by atomic mass is 9.89. The Morgan fingerprint density at radius 1 is 0.898 bits per heavy atom. The maximum atomic E-state index is 14.8. The second-order valence-corrected chi connectivity index (χ2v) is 12.9. The van der Waals surface area contributed by atoms with Crippen molar-refractivity contribution in [3.63, 3.8) is 0 Å². The van der Waals surface area contributed by atoms with Crippen molar-refractivity contribution in [2.75, 3.05) is 36.4 Å². The van der Waals surface area contributed by atoms with E-state index in [1.807, 2.05) is 23.1 Å². The van der Waals surface area contributed by atoms with Crippen LogP contribution in [0.5, 0.6) is 0 Å². The standard InChI is InChI=1S/C36H34ClFN6O5/c37-28-5-2-7-30(32(28)38)44-21-23(20-39-44)35(47)43-19-15-26-27(33(43)34(46)40-24-11-9-22(10-12-24)36(48)49)4-1-6-29(26)41-17-13-25(14-18-41)42-16-3-8-31(42)45/h1-2,4-7,9-12,20-21,25,33H,3,8,13-19H2,(H,40,46)(H,48,49). The maximum Gasteiger partial charge on any atom is 0.335 e. The van der Waals surface area contributed by atoms with E-state index >= 15 is 0 Å². The third-order valence-electron chi connectivity index (χ3n) is 9.67. The zero-order valence-electron chi connectivity index (χ0n) is 26.5. The normalized spacial score (nSPS) is 18.0. The first-order valence-electron chi connectivity index (χ1n) is 16.3. The zero-order valence-corrected chi connectivity index (χ0v) is 27.3. The van der Waals surface area contributed by atoms with E-state index in [1.165, 1.54) is 58.4 Å². The van der Waals surface area contributed by atoms with Crippen LogP contribution in [-0.2, 0) is 16.0 Å². The number of hydrogen-bond acceptors (Lipinski definition) is 6. The number of nitrogens with zero attached hydrogens (tertiary/aromatic N) is 5. The fourth-order valence-corrected chi connectivity index (χ4v) is 7.40. The largest absolute Gasteiger partial charge is 0.478 e. The van der Waals surface area contributed by atoms with Crippen LogP contribution in [0.2, 0.25) is 5.02 Å². The van der Waals surface area contributed by atoms with Crippen molar-refractivity contribution in [2.24, 2.45) is 0 Å². The van der Waals surface area contributed by atoms with E-state index in [0.717, 1.165) is 50.1 Å². The molecular weight excluding hydrogens is 651 g/mol. The summed E-state index contributed by atoms with van der Waals surface area (Å²) in [5.41, 5.74) is 3.37. The van der Waals surface area contributed by atoms with Crippen LogP contribution in [0.3, 0.4) is 0 Å². The maximum absolute atomic E-state index is 14.8. The summed E-state index contributed by atoms with van der Waals surface area (Å²) in [6.45, 7) is 2.57. The summed E-state index contributed by atoms with van der Waals surface area (Å²) < 4.78 is 16.0. The molecule has 13 heteroatoms. The number of amides is 3. The molecule has 252 valence electrons. The first-order chi connectivity index (χ1) is 23.7. The van der Waals surface area contributed by atoms with Crippen LogP contribution in [-0.4, -0.2) is 80.6 Å². The zero-order chi connectivity index (χ0) is 34.2. The van der Waals surface area contributed by atoms with Crippen molar-refractivity contribution in [3.8, 4) is 5.69 Å². The van der Waals surface area contributed by atoms with Crippen LogP contribution in [0.15, 0.2) is 73.1 Å². The van der Waals surface area contributed by atoms with Gasteiger partial charge in [-0.3, -0.25) is 14.4 Å². The van der Waals surface area contributed by atoms with E-state index in [0.29, 0.717) is 24.1 Å². The molecule has 0 radical (unpaired) electrons. The molecule has 1 atom stereocenters. The molecule has 0 aliphatic carbocycles. The third kappa shape index (κ3) is 6.24. The number of carboxylic acid groups (broad SMARTS) is 1. The van der Waals surface area contributed by atoms with Crippen LogP contribution in [0, 0.1) is 5.82 Å². The quantitative estimate of drug-likeness (QED) is 0.269. The van der Waals surface area contributed by atoms with Crippen LogP contribution in [0.1, 0.15) is 63.6 Å². The van der Waals surface area contributed by atoms with Crippen LogP contribution >= 0.6 is 11.6 Å². The lowest BCUT2D eigenvalue weighted by Gasteiger charge is -2.41. The highest BCUT2D eigenvalue weighted by atomic mass is 35.5. The number of nitrogens with one attached hydrogen (secondary N) is 1. The molecule has 49 heavy (non-hydrogen) atoms. The van der Waals surface area contributed by atoms with Crippen molar-refractivity contribution in [1.82, 2.24) is 19.6 Å². The molecule has 4 aromatic rings. The minimum absolute atomic E-state index is 0.0773. The number of fused-ring (bicyclic) bond motifs is 1. The summed E-state index contributed by atoms with van der Waals surface area (Å²) in [5, 5.41) is 16.3. The smallest absolute Gasteiger partial charge is 0.335 e. The second-order valence-electron chi connectivity index (χ2n) is 12.5. The number of likely N-dealkylation sites (tertiary alicyclic amines) is 1. The highest BCUT2D eigenvalue weighted by Crippen LogP contribution is 2.38. The van der Waals surface area contributed by atoms with E-state index in [9.17, 15) is 28.7 Å². The van der Waals surface area contributed by atoms with Gasteiger partial charge in [-0.1, -0.05) is 29.8 Å². The van der Waals surface area contributed by atoms with Gasteiger partial charge >= 0.3 is 5.97 Å². The number of benzene rings is 3. The highest BCUT2D eigenvalue weighted by Gasteiger charge is 2.39. The number of aromatic nitrogens is 2. The summed E-state index contributed by atoms with van der Waals surface area (Å²) >= 11 is 5.97. The average Bonchev–Trinajstić information content (AvgIpc) is 3.78. The molecule has 3 aliphatic heterocycles. The Labute approximate surface area is 286 Å². The van der Waals surface area contributed by atoms with Gasteiger partial charge in [-0.15, -0.1) is 0 Å². The Bertz CT molecular complexity index is 1940. The van der Waals surface area contributed by atoms with Gasteiger partial charge in [0.05, 0.1) is 22.3 Å². The van der Waals surface area contributed by atoms with Crippen molar-refractivity contribution >= 4 is 46.7 Å². The predicted octanol–water partition coefficient (Wildman–Crippen LogP) is 5.33. The molecule has 0 saturated carbocycles. The van der Waals surface area contributed by atoms with Gasteiger partial charge in [0.15, 0.2) is 5.82 Å². The van der Waals surface area contributed by atoms with E-state index in [-0.39, 0.29) is 40.3 Å². The van der Waals surface area contributed by atoms with Gasteiger partial charge in [0.1, 0.15) is 11.7 Å². The molecule has 7 rings (SSSR count). The Hall–Kier alpha value is -5.23. The third-order valence-corrected chi connectivity index (χ3v) is 9.96. The number of carboxylic acids is 1. The van der Waals surface area contributed by atoms with Crippen molar-refractivity contribution in [2.45, 2.75) is 44.2 Å². The van der Waals surface area contributed by atoms with Crippen molar-refractivity contribution < 1.29 is 28.7 Å². The van der Waals surface area contributed by atoms with Crippen LogP contribution in [0.4, 0.5) is 15.8 Å². The molecule has 4 heterocycles. The minimum atomic E-state index is -1.09.